The molecule has 0 saturated carbocycles. The second kappa shape index (κ2) is 7.15. The van der Waals surface area contributed by atoms with Gasteiger partial charge < -0.3 is 19.3 Å². The molecule has 1 saturated heterocycles. The number of phenols is 1. The summed E-state index contributed by atoms with van der Waals surface area (Å²) in [6, 6.07) is 9.45. The summed E-state index contributed by atoms with van der Waals surface area (Å²) < 4.78 is 11.0. The van der Waals surface area contributed by atoms with Crippen LogP contribution in [0.4, 0.5) is 0 Å². The smallest absolute Gasteiger partial charge is 0.137 e. The van der Waals surface area contributed by atoms with Crippen LogP contribution < -0.4 is 0 Å². The number of benzene rings is 1. The molecular weight excluding hydrogens is 292 g/mol. The largest absolute Gasteiger partial charge is 0.508 e. The molecule has 0 radical (unpaired) electrons. The Kier molecular flexibility index (Phi) is 4.98. The van der Waals surface area contributed by atoms with Gasteiger partial charge in [0, 0.05) is 45.1 Å². The standard InChI is InChI=1S/C18H24N2O3/c1-13-9-17(23-19-13)10-15-11-20(12-18(15)22-2)8-7-14-3-5-16(21)6-4-14/h3-6,9,15,18,21H,7-8,10-12H2,1-2H3/t15-,18+/m1/s1. The van der Waals surface area contributed by atoms with Crippen LogP contribution in [0.25, 0.3) is 0 Å². The second-order valence-electron chi connectivity index (χ2n) is 6.35. The lowest BCUT2D eigenvalue weighted by Gasteiger charge is -2.15. The van der Waals surface area contributed by atoms with Crippen molar-refractivity contribution in [1.29, 1.82) is 0 Å². The molecule has 1 N–H and O–H groups in total. The van der Waals surface area contributed by atoms with E-state index in [1.165, 1.54) is 5.56 Å². The Labute approximate surface area is 136 Å². The topological polar surface area (TPSA) is 58.7 Å². The minimum absolute atomic E-state index is 0.236. The number of ether oxygens (including phenoxy) is 1. The van der Waals surface area contributed by atoms with Crippen molar-refractivity contribution in [3.8, 4) is 5.75 Å². The lowest BCUT2D eigenvalue weighted by molar-refractivity contribution is 0.0765. The summed E-state index contributed by atoms with van der Waals surface area (Å²) >= 11 is 0. The van der Waals surface area contributed by atoms with E-state index in [2.05, 4.69) is 10.1 Å². The number of nitrogens with zero attached hydrogens (tertiary/aromatic N) is 2. The number of aromatic hydroxyl groups is 1. The summed E-state index contributed by atoms with van der Waals surface area (Å²) in [4.78, 5) is 2.44. The summed E-state index contributed by atoms with van der Waals surface area (Å²) in [6.07, 6.45) is 2.08. The van der Waals surface area contributed by atoms with Gasteiger partial charge in [-0.15, -0.1) is 0 Å². The normalized spacial score (nSPS) is 21.8. The first-order valence-corrected chi connectivity index (χ1v) is 8.09. The highest BCUT2D eigenvalue weighted by Gasteiger charge is 2.33. The molecule has 0 bridgehead atoms. The Balaban J connectivity index is 1.54. The fourth-order valence-corrected chi connectivity index (χ4v) is 3.29. The van der Waals surface area contributed by atoms with Gasteiger partial charge in [-0.1, -0.05) is 17.3 Å². The van der Waals surface area contributed by atoms with Crippen molar-refractivity contribution < 1.29 is 14.4 Å². The number of aromatic nitrogens is 1. The van der Waals surface area contributed by atoms with Crippen LogP contribution in [0.1, 0.15) is 17.0 Å². The van der Waals surface area contributed by atoms with Gasteiger partial charge in [-0.05, 0) is 31.0 Å². The molecule has 5 nitrogen and oxygen atoms in total. The number of likely N-dealkylation sites (tertiary alicyclic amines) is 1. The number of methoxy groups -OCH3 is 1. The third-order valence-electron chi connectivity index (χ3n) is 4.55. The van der Waals surface area contributed by atoms with Gasteiger partial charge in [-0.25, -0.2) is 0 Å². The molecule has 1 aliphatic heterocycles. The van der Waals surface area contributed by atoms with Gasteiger partial charge in [0.05, 0.1) is 11.8 Å². The number of aryl methyl sites for hydroxylation is 1. The van der Waals surface area contributed by atoms with Crippen LogP contribution in [0.15, 0.2) is 34.9 Å². The monoisotopic (exact) mass is 316 g/mol. The highest BCUT2D eigenvalue weighted by atomic mass is 16.5. The van der Waals surface area contributed by atoms with E-state index in [1.807, 2.05) is 25.1 Å². The summed E-state index contributed by atoms with van der Waals surface area (Å²) in [6.45, 7) is 4.90. The first kappa shape index (κ1) is 16.0. The molecule has 5 heteroatoms. The van der Waals surface area contributed by atoms with Crippen molar-refractivity contribution in [3.05, 3.63) is 47.3 Å². The van der Waals surface area contributed by atoms with Crippen molar-refractivity contribution in [3.63, 3.8) is 0 Å². The molecule has 1 aromatic carbocycles. The van der Waals surface area contributed by atoms with Gasteiger partial charge in [0.15, 0.2) is 0 Å². The molecule has 0 unspecified atom stereocenters. The third kappa shape index (κ3) is 4.12. The zero-order valence-corrected chi connectivity index (χ0v) is 13.7. The van der Waals surface area contributed by atoms with Crippen LogP contribution in [0, 0.1) is 12.8 Å². The number of hydrogen-bond acceptors (Lipinski definition) is 5. The molecule has 2 atom stereocenters. The molecular formula is C18H24N2O3. The minimum Gasteiger partial charge on any atom is -0.508 e. The summed E-state index contributed by atoms with van der Waals surface area (Å²) in [5.74, 6) is 1.69. The van der Waals surface area contributed by atoms with E-state index in [1.54, 1.807) is 19.2 Å². The Morgan fingerprint density at radius 3 is 2.74 bits per heavy atom. The Hall–Kier alpha value is -1.85. The van der Waals surface area contributed by atoms with E-state index in [4.69, 9.17) is 9.26 Å². The Morgan fingerprint density at radius 1 is 1.30 bits per heavy atom. The van der Waals surface area contributed by atoms with E-state index >= 15 is 0 Å². The van der Waals surface area contributed by atoms with Crippen LogP contribution in [-0.2, 0) is 17.6 Å². The van der Waals surface area contributed by atoms with Crippen molar-refractivity contribution >= 4 is 0 Å². The number of phenolic OH excluding ortho intramolecular Hbond substituents is 1. The van der Waals surface area contributed by atoms with E-state index in [0.29, 0.717) is 11.7 Å². The molecule has 1 fully saturated rings. The van der Waals surface area contributed by atoms with Gasteiger partial charge in [0.25, 0.3) is 0 Å². The third-order valence-corrected chi connectivity index (χ3v) is 4.55. The maximum atomic E-state index is 9.34. The van der Waals surface area contributed by atoms with E-state index < -0.39 is 0 Å². The lowest BCUT2D eigenvalue weighted by atomic mass is 10.0. The zero-order valence-electron chi connectivity index (χ0n) is 13.7. The molecule has 2 aromatic rings. The van der Waals surface area contributed by atoms with Gasteiger partial charge in [0.2, 0.25) is 0 Å². The molecule has 0 aliphatic carbocycles. The van der Waals surface area contributed by atoms with Gasteiger partial charge in [-0.2, -0.15) is 0 Å². The molecule has 0 amide bonds. The molecule has 2 heterocycles. The second-order valence-corrected chi connectivity index (χ2v) is 6.35. The summed E-state index contributed by atoms with van der Waals surface area (Å²) in [5, 5.41) is 13.3. The maximum Gasteiger partial charge on any atom is 0.137 e. The number of hydrogen-bond donors (Lipinski definition) is 1. The average Bonchev–Trinajstić information content (AvgIpc) is 3.13. The predicted octanol–water partition coefficient (Wildman–Crippen LogP) is 2.42. The lowest BCUT2D eigenvalue weighted by Crippen LogP contribution is -2.25. The SMILES string of the molecule is CO[C@H]1CN(CCc2ccc(O)cc2)C[C@H]1Cc1cc(C)no1. The Morgan fingerprint density at radius 2 is 2.09 bits per heavy atom. The molecule has 3 rings (SSSR count). The van der Waals surface area contributed by atoms with Crippen LogP contribution in [0.3, 0.4) is 0 Å². The molecule has 0 spiro atoms. The predicted molar refractivity (Wildman–Crippen MR) is 87.5 cm³/mol. The first-order chi connectivity index (χ1) is 11.1. The van der Waals surface area contributed by atoms with Crippen LogP contribution >= 0.6 is 0 Å². The fraction of sp³-hybridized carbons (Fsp3) is 0.500. The van der Waals surface area contributed by atoms with Crippen LogP contribution in [0.2, 0.25) is 0 Å². The van der Waals surface area contributed by atoms with Gasteiger partial charge in [0.1, 0.15) is 11.5 Å². The van der Waals surface area contributed by atoms with Crippen molar-refractivity contribution in [2.24, 2.45) is 5.92 Å². The highest BCUT2D eigenvalue weighted by molar-refractivity contribution is 5.26. The number of rotatable bonds is 6. The Bertz CT molecular complexity index is 623. The first-order valence-electron chi connectivity index (χ1n) is 8.09. The maximum absolute atomic E-state index is 9.34. The van der Waals surface area contributed by atoms with Crippen molar-refractivity contribution in [2.75, 3.05) is 26.7 Å². The highest BCUT2D eigenvalue weighted by Crippen LogP contribution is 2.24. The molecule has 1 aliphatic rings. The van der Waals surface area contributed by atoms with E-state index in [-0.39, 0.29) is 6.10 Å². The molecule has 1 aromatic heterocycles. The van der Waals surface area contributed by atoms with Crippen LogP contribution in [-0.4, -0.2) is 48.0 Å². The fourth-order valence-electron chi connectivity index (χ4n) is 3.29. The quantitative estimate of drug-likeness (QED) is 0.887. The summed E-state index contributed by atoms with van der Waals surface area (Å²) in [5.41, 5.74) is 2.17. The van der Waals surface area contributed by atoms with E-state index in [9.17, 15) is 5.11 Å². The van der Waals surface area contributed by atoms with Gasteiger partial charge >= 0.3 is 0 Å². The minimum atomic E-state index is 0.236. The van der Waals surface area contributed by atoms with Crippen LogP contribution in [0.5, 0.6) is 5.75 Å². The van der Waals surface area contributed by atoms with Gasteiger partial charge in [-0.3, -0.25) is 0 Å². The molecule has 124 valence electrons. The van der Waals surface area contributed by atoms with Crippen molar-refractivity contribution in [2.45, 2.75) is 25.9 Å². The summed E-state index contributed by atoms with van der Waals surface area (Å²) in [7, 11) is 1.78. The zero-order chi connectivity index (χ0) is 16.2. The van der Waals surface area contributed by atoms with Crippen molar-refractivity contribution in [1.82, 2.24) is 10.1 Å². The van der Waals surface area contributed by atoms with E-state index in [0.717, 1.165) is 43.9 Å². The molecule has 23 heavy (non-hydrogen) atoms. The average molecular weight is 316 g/mol.